The maximum atomic E-state index is 11.7. The molecule has 1 aromatic rings. The van der Waals surface area contributed by atoms with E-state index in [9.17, 15) is 9.59 Å². The number of carbonyl (C=O) groups excluding carboxylic acids is 1. The lowest BCUT2D eigenvalue weighted by atomic mass is 10.4. The predicted molar refractivity (Wildman–Crippen MR) is 63.3 cm³/mol. The van der Waals surface area contributed by atoms with E-state index in [0.29, 0.717) is 5.82 Å². The molecular formula is C11H14N4O3. The van der Waals surface area contributed by atoms with Crippen molar-refractivity contribution in [3.05, 3.63) is 18.1 Å². The van der Waals surface area contributed by atoms with Gasteiger partial charge in [0.2, 0.25) is 5.91 Å². The number of rotatable bonds is 4. The van der Waals surface area contributed by atoms with Crippen molar-refractivity contribution in [1.82, 2.24) is 14.9 Å². The second-order valence-corrected chi connectivity index (χ2v) is 4.04. The number of nitrogens with one attached hydrogen (secondary N) is 1. The molecule has 2 rings (SSSR count). The second kappa shape index (κ2) is 5.44. The molecule has 0 atom stereocenters. The SMILES string of the molecule is O=C(O)c1cncc(NCC(=O)N2CCCC2)n1. The van der Waals surface area contributed by atoms with Crippen molar-refractivity contribution in [2.24, 2.45) is 0 Å². The van der Waals surface area contributed by atoms with E-state index in [0.717, 1.165) is 32.1 Å². The standard InChI is InChI=1S/C11H14N4O3/c16-10(15-3-1-2-4-15)7-13-9-6-12-5-8(14-9)11(17)18/h5-6H,1-4,7H2,(H,13,14)(H,17,18). The molecule has 7 heteroatoms. The molecule has 1 aliphatic rings. The van der Waals surface area contributed by atoms with Crippen molar-refractivity contribution in [2.75, 3.05) is 25.0 Å². The number of carbonyl (C=O) groups is 2. The third-order valence-electron chi connectivity index (χ3n) is 2.73. The molecule has 1 aliphatic heterocycles. The van der Waals surface area contributed by atoms with Crippen LogP contribution in [0.1, 0.15) is 23.3 Å². The maximum absolute atomic E-state index is 11.7. The summed E-state index contributed by atoms with van der Waals surface area (Å²) >= 11 is 0. The summed E-state index contributed by atoms with van der Waals surface area (Å²) in [6, 6.07) is 0. The lowest BCUT2D eigenvalue weighted by molar-refractivity contribution is -0.128. The number of carboxylic acids is 1. The maximum Gasteiger partial charge on any atom is 0.356 e. The molecule has 1 amide bonds. The molecular weight excluding hydrogens is 236 g/mol. The van der Waals surface area contributed by atoms with Crippen molar-refractivity contribution in [3.63, 3.8) is 0 Å². The van der Waals surface area contributed by atoms with Crippen molar-refractivity contribution in [1.29, 1.82) is 0 Å². The van der Waals surface area contributed by atoms with Crippen LogP contribution in [0.15, 0.2) is 12.4 Å². The van der Waals surface area contributed by atoms with Crippen LogP contribution in [0.2, 0.25) is 0 Å². The third kappa shape index (κ3) is 2.93. The number of carboxylic acid groups (broad SMARTS) is 1. The summed E-state index contributed by atoms with van der Waals surface area (Å²) in [5.74, 6) is -0.852. The Morgan fingerprint density at radius 2 is 2.06 bits per heavy atom. The van der Waals surface area contributed by atoms with E-state index in [4.69, 9.17) is 5.11 Å². The first-order valence-electron chi connectivity index (χ1n) is 5.74. The molecule has 0 bridgehead atoms. The quantitative estimate of drug-likeness (QED) is 0.793. The van der Waals surface area contributed by atoms with Gasteiger partial charge in [0.25, 0.3) is 0 Å². The van der Waals surface area contributed by atoms with Gasteiger partial charge >= 0.3 is 5.97 Å². The highest BCUT2D eigenvalue weighted by Gasteiger charge is 2.17. The zero-order chi connectivity index (χ0) is 13.0. The van der Waals surface area contributed by atoms with E-state index in [2.05, 4.69) is 15.3 Å². The smallest absolute Gasteiger partial charge is 0.356 e. The van der Waals surface area contributed by atoms with Gasteiger partial charge in [-0.2, -0.15) is 0 Å². The van der Waals surface area contributed by atoms with Crippen molar-refractivity contribution in [2.45, 2.75) is 12.8 Å². The van der Waals surface area contributed by atoms with Crippen LogP contribution in [0.5, 0.6) is 0 Å². The van der Waals surface area contributed by atoms with E-state index in [-0.39, 0.29) is 18.1 Å². The van der Waals surface area contributed by atoms with Gasteiger partial charge in [-0.3, -0.25) is 9.78 Å². The van der Waals surface area contributed by atoms with Gasteiger partial charge in [-0.05, 0) is 12.8 Å². The molecule has 1 saturated heterocycles. The zero-order valence-corrected chi connectivity index (χ0v) is 9.80. The number of hydrogen-bond donors (Lipinski definition) is 2. The molecule has 2 heterocycles. The van der Waals surface area contributed by atoms with E-state index >= 15 is 0 Å². The normalized spacial score (nSPS) is 14.6. The minimum atomic E-state index is -1.14. The Morgan fingerprint density at radius 3 is 2.72 bits per heavy atom. The van der Waals surface area contributed by atoms with Crippen LogP contribution in [0.25, 0.3) is 0 Å². The topological polar surface area (TPSA) is 95.4 Å². The number of nitrogens with zero attached hydrogens (tertiary/aromatic N) is 3. The largest absolute Gasteiger partial charge is 0.476 e. The van der Waals surface area contributed by atoms with Gasteiger partial charge in [0.05, 0.1) is 18.9 Å². The Labute approximate surface area is 104 Å². The van der Waals surface area contributed by atoms with Crippen LogP contribution < -0.4 is 5.32 Å². The average Bonchev–Trinajstić information content (AvgIpc) is 2.90. The minimum Gasteiger partial charge on any atom is -0.476 e. The molecule has 7 nitrogen and oxygen atoms in total. The molecule has 18 heavy (non-hydrogen) atoms. The van der Waals surface area contributed by atoms with Crippen LogP contribution in [0.3, 0.4) is 0 Å². The molecule has 96 valence electrons. The van der Waals surface area contributed by atoms with Crippen molar-refractivity contribution >= 4 is 17.7 Å². The first-order valence-corrected chi connectivity index (χ1v) is 5.74. The Bertz CT molecular complexity index is 457. The Morgan fingerprint density at radius 1 is 1.33 bits per heavy atom. The molecule has 0 radical (unpaired) electrons. The molecule has 2 N–H and O–H groups in total. The summed E-state index contributed by atoms with van der Waals surface area (Å²) in [6.45, 7) is 1.69. The zero-order valence-electron chi connectivity index (χ0n) is 9.80. The number of hydrogen-bond acceptors (Lipinski definition) is 5. The monoisotopic (exact) mass is 250 g/mol. The fourth-order valence-corrected chi connectivity index (χ4v) is 1.80. The van der Waals surface area contributed by atoms with Gasteiger partial charge in [-0.25, -0.2) is 9.78 Å². The highest BCUT2D eigenvalue weighted by atomic mass is 16.4. The highest BCUT2D eigenvalue weighted by Crippen LogP contribution is 2.08. The number of likely N-dealkylation sites (tertiary alicyclic amines) is 1. The summed E-state index contributed by atoms with van der Waals surface area (Å²) in [6.07, 6.45) is 4.64. The predicted octanol–water partition coefficient (Wildman–Crippen LogP) is 0.209. The second-order valence-electron chi connectivity index (χ2n) is 4.04. The summed E-state index contributed by atoms with van der Waals surface area (Å²) in [5, 5.41) is 11.5. The molecule has 1 aromatic heterocycles. The van der Waals surface area contributed by atoms with Crippen molar-refractivity contribution < 1.29 is 14.7 Å². The lowest BCUT2D eigenvalue weighted by Crippen LogP contribution is -2.33. The fraction of sp³-hybridized carbons (Fsp3) is 0.455. The number of amides is 1. The first kappa shape index (κ1) is 12.3. The molecule has 0 spiro atoms. The van der Waals surface area contributed by atoms with E-state index in [1.165, 1.54) is 6.20 Å². The van der Waals surface area contributed by atoms with Crippen LogP contribution in [0.4, 0.5) is 5.82 Å². The van der Waals surface area contributed by atoms with Crippen LogP contribution in [0, 0.1) is 0 Å². The van der Waals surface area contributed by atoms with Gasteiger partial charge in [-0.1, -0.05) is 0 Å². The summed E-state index contributed by atoms with van der Waals surface area (Å²) in [7, 11) is 0. The van der Waals surface area contributed by atoms with Crippen LogP contribution in [-0.4, -0.2) is 51.5 Å². The van der Waals surface area contributed by atoms with E-state index in [1.54, 1.807) is 4.90 Å². The van der Waals surface area contributed by atoms with Crippen molar-refractivity contribution in [3.8, 4) is 0 Å². The third-order valence-corrected chi connectivity index (χ3v) is 2.73. The van der Waals surface area contributed by atoms with Crippen LogP contribution in [-0.2, 0) is 4.79 Å². The molecule has 1 fully saturated rings. The van der Waals surface area contributed by atoms with Crippen LogP contribution >= 0.6 is 0 Å². The lowest BCUT2D eigenvalue weighted by Gasteiger charge is -2.15. The average molecular weight is 250 g/mol. The van der Waals surface area contributed by atoms with Gasteiger partial charge in [-0.15, -0.1) is 0 Å². The number of anilines is 1. The Balaban J connectivity index is 1.91. The van der Waals surface area contributed by atoms with E-state index in [1.807, 2.05) is 0 Å². The molecule has 0 saturated carbocycles. The fourth-order valence-electron chi connectivity index (χ4n) is 1.80. The van der Waals surface area contributed by atoms with Gasteiger partial charge in [0.15, 0.2) is 5.69 Å². The summed E-state index contributed by atoms with van der Waals surface area (Å²) in [5.41, 5.74) is -0.145. The van der Waals surface area contributed by atoms with E-state index < -0.39 is 5.97 Å². The number of aromatic nitrogens is 2. The molecule has 0 aliphatic carbocycles. The molecule has 0 aromatic carbocycles. The highest BCUT2D eigenvalue weighted by molar-refractivity contribution is 5.85. The summed E-state index contributed by atoms with van der Waals surface area (Å²) in [4.78, 5) is 31.8. The van der Waals surface area contributed by atoms with Gasteiger partial charge < -0.3 is 15.3 Å². The summed E-state index contributed by atoms with van der Waals surface area (Å²) < 4.78 is 0. The minimum absolute atomic E-state index is 0.00460. The Kier molecular flexibility index (Phi) is 3.71. The Hall–Kier alpha value is -2.18. The first-order chi connectivity index (χ1) is 8.66. The number of aromatic carboxylic acids is 1. The van der Waals surface area contributed by atoms with Gasteiger partial charge in [0, 0.05) is 13.1 Å². The molecule has 0 unspecified atom stereocenters. The van der Waals surface area contributed by atoms with Gasteiger partial charge in [0.1, 0.15) is 5.82 Å².